The summed E-state index contributed by atoms with van der Waals surface area (Å²) in [5.41, 5.74) is 8.40. The molecule has 0 aliphatic carbocycles. The molecule has 3 nitrogen and oxygen atoms in total. The molecule has 0 aliphatic heterocycles. The first-order chi connectivity index (χ1) is 9.71. The average Bonchev–Trinajstić information content (AvgIpc) is 2.42. The maximum atomic E-state index is 11.9. The zero-order valence-electron chi connectivity index (χ0n) is 14.5. The lowest BCUT2D eigenvalue weighted by Gasteiger charge is -2.25. The number of carbonyl (C=O) groups excluding carboxylic acids is 1. The third-order valence-corrected chi connectivity index (χ3v) is 3.80. The number of amides is 1. The van der Waals surface area contributed by atoms with Crippen LogP contribution in [0.2, 0.25) is 0 Å². The van der Waals surface area contributed by atoms with Crippen molar-refractivity contribution in [2.45, 2.75) is 59.4 Å². The first kappa shape index (κ1) is 20.9. The Hall–Kier alpha value is -1.06. The summed E-state index contributed by atoms with van der Waals surface area (Å²) in [4.78, 5) is 11.9. The fourth-order valence-electron chi connectivity index (χ4n) is 2.08. The molecule has 3 N–H and O–H groups in total. The number of carbonyl (C=O) groups is 1. The number of hydrogen-bond donors (Lipinski definition) is 2. The average molecular weight is 327 g/mol. The number of rotatable bonds is 6. The van der Waals surface area contributed by atoms with Gasteiger partial charge in [0.1, 0.15) is 0 Å². The Labute approximate surface area is 141 Å². The Morgan fingerprint density at radius 1 is 1.18 bits per heavy atom. The lowest BCUT2D eigenvalue weighted by molar-refractivity contribution is -0.124. The fraction of sp³-hybridized carbons (Fsp3) is 0.611. The van der Waals surface area contributed by atoms with Gasteiger partial charge >= 0.3 is 0 Å². The Balaban J connectivity index is 0.00000441. The molecule has 0 saturated carbocycles. The molecule has 1 atom stereocenters. The van der Waals surface area contributed by atoms with Crippen molar-refractivity contribution in [1.29, 1.82) is 0 Å². The zero-order chi connectivity index (χ0) is 16.0. The Bertz CT molecular complexity index is 449. The minimum Gasteiger partial charge on any atom is -0.355 e. The molecule has 0 saturated heterocycles. The van der Waals surface area contributed by atoms with E-state index in [2.05, 4.69) is 43.4 Å². The Morgan fingerprint density at radius 2 is 1.73 bits per heavy atom. The van der Waals surface area contributed by atoms with Crippen molar-refractivity contribution in [3.63, 3.8) is 0 Å². The molecule has 0 radical (unpaired) electrons. The maximum absolute atomic E-state index is 11.9. The molecular formula is C18H31ClN2O. The summed E-state index contributed by atoms with van der Waals surface area (Å²) in [6, 6.07) is 8.28. The molecule has 126 valence electrons. The molecule has 0 heterocycles. The minimum atomic E-state index is -0.456. The number of benzene rings is 1. The van der Waals surface area contributed by atoms with E-state index in [-0.39, 0.29) is 23.7 Å². The van der Waals surface area contributed by atoms with Gasteiger partial charge in [0.2, 0.25) is 5.91 Å². The predicted octanol–water partition coefficient (Wildman–Crippen LogP) is 3.65. The normalized spacial score (nSPS) is 12.7. The van der Waals surface area contributed by atoms with Gasteiger partial charge in [-0.1, -0.05) is 58.9 Å². The van der Waals surface area contributed by atoms with E-state index < -0.39 is 6.04 Å². The number of nitrogens with one attached hydrogen (secondary N) is 1. The second-order valence-corrected chi connectivity index (χ2v) is 7.13. The van der Waals surface area contributed by atoms with Gasteiger partial charge in [-0.05, 0) is 35.3 Å². The monoisotopic (exact) mass is 326 g/mol. The van der Waals surface area contributed by atoms with E-state index in [1.165, 1.54) is 11.1 Å². The van der Waals surface area contributed by atoms with Crippen LogP contribution >= 0.6 is 12.4 Å². The summed E-state index contributed by atoms with van der Waals surface area (Å²) in [7, 11) is 0. The topological polar surface area (TPSA) is 55.1 Å². The van der Waals surface area contributed by atoms with Crippen LogP contribution in [0.4, 0.5) is 0 Å². The summed E-state index contributed by atoms with van der Waals surface area (Å²) in [6.07, 6.45) is 1.91. The SMILES string of the molecule is CC(C)c1ccc(CCCNC(=O)[C@@H](N)C(C)(C)C)cc1.Cl. The van der Waals surface area contributed by atoms with Crippen molar-refractivity contribution in [1.82, 2.24) is 5.32 Å². The van der Waals surface area contributed by atoms with Gasteiger partial charge in [-0.3, -0.25) is 4.79 Å². The van der Waals surface area contributed by atoms with Crippen molar-refractivity contribution in [2.75, 3.05) is 6.54 Å². The van der Waals surface area contributed by atoms with E-state index in [0.717, 1.165) is 12.8 Å². The van der Waals surface area contributed by atoms with Gasteiger partial charge in [-0.15, -0.1) is 12.4 Å². The molecule has 0 unspecified atom stereocenters. The van der Waals surface area contributed by atoms with Crippen LogP contribution in [0.3, 0.4) is 0 Å². The predicted molar refractivity (Wildman–Crippen MR) is 96.5 cm³/mol. The maximum Gasteiger partial charge on any atom is 0.237 e. The Morgan fingerprint density at radius 3 is 2.18 bits per heavy atom. The highest BCUT2D eigenvalue weighted by molar-refractivity contribution is 5.85. The van der Waals surface area contributed by atoms with E-state index in [4.69, 9.17) is 5.73 Å². The molecule has 0 bridgehead atoms. The van der Waals surface area contributed by atoms with E-state index in [1.807, 2.05) is 20.8 Å². The van der Waals surface area contributed by atoms with E-state index >= 15 is 0 Å². The van der Waals surface area contributed by atoms with Gasteiger partial charge in [0.15, 0.2) is 0 Å². The highest BCUT2D eigenvalue weighted by Crippen LogP contribution is 2.17. The van der Waals surface area contributed by atoms with Crippen LogP contribution in [0.25, 0.3) is 0 Å². The first-order valence-electron chi connectivity index (χ1n) is 7.84. The van der Waals surface area contributed by atoms with Crippen molar-refractivity contribution < 1.29 is 4.79 Å². The summed E-state index contributed by atoms with van der Waals surface area (Å²) in [5, 5.41) is 2.92. The van der Waals surface area contributed by atoms with Gasteiger partial charge in [0, 0.05) is 6.54 Å². The fourth-order valence-corrected chi connectivity index (χ4v) is 2.08. The van der Waals surface area contributed by atoms with Crippen molar-refractivity contribution >= 4 is 18.3 Å². The standard InChI is InChI=1S/C18H30N2O.ClH/c1-13(2)15-10-8-14(9-11-15)7-6-12-20-17(21)16(19)18(3,4)5;/h8-11,13,16H,6-7,12,19H2,1-5H3,(H,20,21);1H/t16-;/m1./s1. The molecule has 0 spiro atoms. The van der Waals surface area contributed by atoms with Gasteiger partial charge in [0.25, 0.3) is 0 Å². The number of nitrogens with two attached hydrogens (primary N) is 1. The third kappa shape index (κ3) is 6.80. The summed E-state index contributed by atoms with van der Waals surface area (Å²) in [6.45, 7) is 11.0. The van der Waals surface area contributed by atoms with E-state index in [0.29, 0.717) is 12.5 Å². The lowest BCUT2D eigenvalue weighted by atomic mass is 9.87. The quantitative estimate of drug-likeness (QED) is 0.784. The lowest BCUT2D eigenvalue weighted by Crippen LogP contribution is -2.48. The van der Waals surface area contributed by atoms with Crippen LogP contribution in [-0.4, -0.2) is 18.5 Å². The van der Waals surface area contributed by atoms with E-state index in [9.17, 15) is 4.79 Å². The van der Waals surface area contributed by atoms with Gasteiger partial charge in [0.05, 0.1) is 6.04 Å². The largest absolute Gasteiger partial charge is 0.355 e. The van der Waals surface area contributed by atoms with Gasteiger partial charge < -0.3 is 11.1 Å². The van der Waals surface area contributed by atoms with Crippen LogP contribution < -0.4 is 11.1 Å². The van der Waals surface area contributed by atoms with Gasteiger partial charge in [-0.2, -0.15) is 0 Å². The van der Waals surface area contributed by atoms with E-state index in [1.54, 1.807) is 0 Å². The van der Waals surface area contributed by atoms with Crippen LogP contribution in [0.5, 0.6) is 0 Å². The number of hydrogen-bond acceptors (Lipinski definition) is 2. The highest BCUT2D eigenvalue weighted by Gasteiger charge is 2.26. The smallest absolute Gasteiger partial charge is 0.237 e. The third-order valence-electron chi connectivity index (χ3n) is 3.80. The molecule has 22 heavy (non-hydrogen) atoms. The van der Waals surface area contributed by atoms with Crippen LogP contribution in [0, 0.1) is 5.41 Å². The van der Waals surface area contributed by atoms with Crippen molar-refractivity contribution in [2.24, 2.45) is 11.1 Å². The molecule has 1 aromatic carbocycles. The molecule has 0 aliphatic rings. The van der Waals surface area contributed by atoms with Crippen molar-refractivity contribution in [3.8, 4) is 0 Å². The highest BCUT2D eigenvalue weighted by atomic mass is 35.5. The minimum absolute atomic E-state index is 0. The Kier molecular flexibility index (Phi) is 8.72. The summed E-state index contributed by atoms with van der Waals surface area (Å²) in [5.74, 6) is 0.509. The molecule has 4 heteroatoms. The van der Waals surface area contributed by atoms with Crippen molar-refractivity contribution in [3.05, 3.63) is 35.4 Å². The molecule has 0 aromatic heterocycles. The molecule has 0 fully saturated rings. The second-order valence-electron chi connectivity index (χ2n) is 7.13. The van der Waals surface area contributed by atoms with Crippen LogP contribution in [0.15, 0.2) is 24.3 Å². The van der Waals surface area contributed by atoms with Gasteiger partial charge in [-0.25, -0.2) is 0 Å². The zero-order valence-corrected chi connectivity index (χ0v) is 15.3. The summed E-state index contributed by atoms with van der Waals surface area (Å²) >= 11 is 0. The summed E-state index contributed by atoms with van der Waals surface area (Å²) < 4.78 is 0. The molecule has 1 amide bonds. The molecular weight excluding hydrogens is 296 g/mol. The molecule has 1 rings (SSSR count). The number of aryl methyl sites for hydroxylation is 1. The van der Waals surface area contributed by atoms with Crippen LogP contribution in [-0.2, 0) is 11.2 Å². The first-order valence-corrected chi connectivity index (χ1v) is 7.84. The number of halogens is 1. The second kappa shape index (κ2) is 9.16. The molecule has 1 aromatic rings. The van der Waals surface area contributed by atoms with Crippen LogP contribution in [0.1, 0.15) is 58.1 Å².